The summed E-state index contributed by atoms with van der Waals surface area (Å²) >= 11 is 0. The second kappa shape index (κ2) is 7.64. The summed E-state index contributed by atoms with van der Waals surface area (Å²) < 4.78 is 30.0. The van der Waals surface area contributed by atoms with Crippen molar-refractivity contribution < 1.29 is 13.2 Å². The first-order valence-electron chi connectivity index (χ1n) is 7.03. The standard InChI is InChI=1S/C15H25NO3S/c1-5-10-16-12(2)11-13(3)20(17,18)15-8-6-14(19-4)7-9-15/h6-9,12-13,16H,5,10-11H2,1-4H3. The van der Waals surface area contributed by atoms with E-state index in [4.69, 9.17) is 4.74 Å². The lowest BCUT2D eigenvalue weighted by Gasteiger charge is -2.19. The molecule has 0 aliphatic rings. The normalized spacial score (nSPS) is 14.8. The third kappa shape index (κ3) is 4.49. The molecule has 1 N–H and O–H groups in total. The largest absolute Gasteiger partial charge is 0.497 e. The molecule has 0 aliphatic carbocycles. The highest BCUT2D eigenvalue weighted by Gasteiger charge is 2.24. The Morgan fingerprint density at radius 1 is 1.20 bits per heavy atom. The van der Waals surface area contributed by atoms with Gasteiger partial charge in [0.2, 0.25) is 0 Å². The predicted octanol–water partition coefficient (Wildman–Crippen LogP) is 2.64. The van der Waals surface area contributed by atoms with E-state index in [1.807, 2.05) is 6.92 Å². The molecular formula is C15H25NO3S. The van der Waals surface area contributed by atoms with Crippen LogP contribution in [0.5, 0.6) is 5.75 Å². The van der Waals surface area contributed by atoms with Gasteiger partial charge in [-0.05, 0) is 57.5 Å². The molecule has 0 radical (unpaired) electrons. The summed E-state index contributed by atoms with van der Waals surface area (Å²) in [5.41, 5.74) is 0. The number of hydrogen-bond acceptors (Lipinski definition) is 4. The van der Waals surface area contributed by atoms with E-state index in [1.165, 1.54) is 0 Å². The van der Waals surface area contributed by atoms with Gasteiger partial charge in [0.15, 0.2) is 9.84 Å². The van der Waals surface area contributed by atoms with Gasteiger partial charge in [-0.3, -0.25) is 0 Å². The van der Waals surface area contributed by atoms with E-state index < -0.39 is 15.1 Å². The van der Waals surface area contributed by atoms with Crippen molar-refractivity contribution in [1.29, 1.82) is 0 Å². The highest BCUT2D eigenvalue weighted by molar-refractivity contribution is 7.92. The third-order valence-electron chi connectivity index (χ3n) is 3.35. The minimum Gasteiger partial charge on any atom is -0.497 e. The van der Waals surface area contributed by atoms with Gasteiger partial charge in [0, 0.05) is 6.04 Å². The highest BCUT2D eigenvalue weighted by atomic mass is 32.2. The summed E-state index contributed by atoms with van der Waals surface area (Å²) in [5, 5.41) is 2.91. The number of ether oxygens (including phenoxy) is 1. The average molecular weight is 299 g/mol. The summed E-state index contributed by atoms with van der Waals surface area (Å²) in [4.78, 5) is 0.355. The summed E-state index contributed by atoms with van der Waals surface area (Å²) in [7, 11) is -1.72. The smallest absolute Gasteiger partial charge is 0.181 e. The SMILES string of the molecule is CCCNC(C)CC(C)S(=O)(=O)c1ccc(OC)cc1. The summed E-state index contributed by atoms with van der Waals surface area (Å²) in [6.45, 7) is 6.80. The van der Waals surface area contributed by atoms with Gasteiger partial charge in [-0.25, -0.2) is 8.42 Å². The Morgan fingerprint density at radius 3 is 2.30 bits per heavy atom. The lowest BCUT2D eigenvalue weighted by atomic mass is 10.2. The summed E-state index contributed by atoms with van der Waals surface area (Å²) in [6, 6.07) is 6.76. The number of hydrogen-bond donors (Lipinski definition) is 1. The van der Waals surface area contributed by atoms with Gasteiger partial charge in [0.1, 0.15) is 5.75 Å². The molecule has 0 heterocycles. The summed E-state index contributed by atoms with van der Waals surface area (Å²) in [6.07, 6.45) is 1.65. The van der Waals surface area contributed by atoms with Gasteiger partial charge in [-0.1, -0.05) is 6.92 Å². The van der Waals surface area contributed by atoms with Gasteiger partial charge in [0.05, 0.1) is 17.3 Å². The molecule has 1 rings (SSSR count). The molecule has 0 spiro atoms. The molecule has 0 fully saturated rings. The van der Waals surface area contributed by atoms with Crippen molar-refractivity contribution >= 4 is 9.84 Å². The molecule has 0 saturated heterocycles. The van der Waals surface area contributed by atoms with Crippen LogP contribution in [0.15, 0.2) is 29.2 Å². The van der Waals surface area contributed by atoms with Crippen LogP contribution in [0, 0.1) is 0 Å². The van der Waals surface area contributed by atoms with Gasteiger partial charge in [0.25, 0.3) is 0 Å². The van der Waals surface area contributed by atoms with Crippen molar-refractivity contribution in [1.82, 2.24) is 5.32 Å². The molecule has 0 amide bonds. The minimum absolute atomic E-state index is 0.193. The van der Waals surface area contributed by atoms with Crippen LogP contribution >= 0.6 is 0 Å². The molecule has 114 valence electrons. The van der Waals surface area contributed by atoms with Crippen molar-refractivity contribution in [3.63, 3.8) is 0 Å². The maximum Gasteiger partial charge on any atom is 0.181 e. The zero-order valence-corrected chi connectivity index (χ0v) is 13.5. The number of methoxy groups -OCH3 is 1. The molecule has 0 saturated carbocycles. The van der Waals surface area contributed by atoms with Crippen LogP contribution in [0.2, 0.25) is 0 Å². The first-order valence-corrected chi connectivity index (χ1v) is 8.57. The number of nitrogens with one attached hydrogen (secondary N) is 1. The van der Waals surface area contributed by atoms with Crippen molar-refractivity contribution in [3.05, 3.63) is 24.3 Å². The van der Waals surface area contributed by atoms with Crippen LogP contribution in [0.1, 0.15) is 33.6 Å². The molecule has 2 atom stereocenters. The van der Waals surface area contributed by atoms with Crippen LogP contribution in [0.4, 0.5) is 0 Å². The van der Waals surface area contributed by atoms with Gasteiger partial charge >= 0.3 is 0 Å². The van der Waals surface area contributed by atoms with E-state index in [0.717, 1.165) is 13.0 Å². The van der Waals surface area contributed by atoms with Crippen molar-refractivity contribution in [2.24, 2.45) is 0 Å². The second-order valence-electron chi connectivity index (χ2n) is 5.12. The van der Waals surface area contributed by atoms with E-state index in [-0.39, 0.29) is 6.04 Å². The van der Waals surface area contributed by atoms with Crippen LogP contribution < -0.4 is 10.1 Å². The first kappa shape index (κ1) is 17.0. The fourth-order valence-corrected chi connectivity index (χ4v) is 3.62. The van der Waals surface area contributed by atoms with E-state index in [9.17, 15) is 8.42 Å². The lowest BCUT2D eigenvalue weighted by Crippen LogP contribution is -2.32. The fourth-order valence-electron chi connectivity index (χ4n) is 2.10. The molecule has 4 nitrogen and oxygen atoms in total. The van der Waals surface area contributed by atoms with Crippen molar-refractivity contribution in [3.8, 4) is 5.75 Å². The van der Waals surface area contributed by atoms with E-state index >= 15 is 0 Å². The zero-order valence-electron chi connectivity index (χ0n) is 12.7. The van der Waals surface area contributed by atoms with Gasteiger partial charge in [-0.2, -0.15) is 0 Å². The van der Waals surface area contributed by atoms with Crippen molar-refractivity contribution in [2.45, 2.75) is 49.8 Å². The maximum absolute atomic E-state index is 12.5. The molecular weight excluding hydrogens is 274 g/mol. The Morgan fingerprint density at radius 2 is 1.80 bits per heavy atom. The zero-order chi connectivity index (χ0) is 15.2. The van der Waals surface area contributed by atoms with Crippen LogP contribution in [0.3, 0.4) is 0 Å². The van der Waals surface area contributed by atoms with Crippen molar-refractivity contribution in [2.75, 3.05) is 13.7 Å². The Labute approximate surface area is 122 Å². The molecule has 0 aliphatic heterocycles. The fraction of sp³-hybridized carbons (Fsp3) is 0.600. The second-order valence-corrected chi connectivity index (χ2v) is 7.49. The van der Waals surface area contributed by atoms with Crippen LogP contribution in [-0.4, -0.2) is 33.4 Å². The van der Waals surface area contributed by atoms with Gasteiger partial charge < -0.3 is 10.1 Å². The Balaban J connectivity index is 2.75. The number of sulfone groups is 1. The average Bonchev–Trinajstić information content (AvgIpc) is 2.45. The molecule has 2 unspecified atom stereocenters. The lowest BCUT2D eigenvalue weighted by molar-refractivity contribution is 0.414. The topological polar surface area (TPSA) is 55.4 Å². The molecule has 20 heavy (non-hydrogen) atoms. The molecule has 1 aromatic carbocycles. The monoisotopic (exact) mass is 299 g/mol. The van der Waals surface area contributed by atoms with Gasteiger partial charge in [-0.15, -0.1) is 0 Å². The van der Waals surface area contributed by atoms with E-state index in [1.54, 1.807) is 38.3 Å². The predicted molar refractivity (Wildman–Crippen MR) is 82.0 cm³/mol. The van der Waals surface area contributed by atoms with Crippen LogP contribution in [0.25, 0.3) is 0 Å². The molecule has 5 heteroatoms. The van der Waals surface area contributed by atoms with Crippen LogP contribution in [-0.2, 0) is 9.84 Å². The number of rotatable bonds is 8. The molecule has 0 bridgehead atoms. The maximum atomic E-state index is 12.5. The first-order chi connectivity index (χ1) is 9.41. The number of benzene rings is 1. The Hall–Kier alpha value is -1.07. The third-order valence-corrected chi connectivity index (χ3v) is 5.53. The summed E-state index contributed by atoms with van der Waals surface area (Å²) in [5.74, 6) is 0.662. The Bertz CT molecular complexity index is 496. The highest BCUT2D eigenvalue weighted by Crippen LogP contribution is 2.21. The van der Waals surface area contributed by atoms with E-state index in [0.29, 0.717) is 17.1 Å². The molecule has 1 aromatic rings. The quantitative estimate of drug-likeness (QED) is 0.802. The Kier molecular flexibility index (Phi) is 6.49. The van der Waals surface area contributed by atoms with E-state index in [2.05, 4.69) is 12.2 Å². The molecule has 0 aromatic heterocycles. The minimum atomic E-state index is -3.28.